The van der Waals surface area contributed by atoms with Gasteiger partial charge in [0.1, 0.15) is 5.41 Å². The lowest BCUT2D eigenvalue weighted by Gasteiger charge is -2.11. The van der Waals surface area contributed by atoms with Gasteiger partial charge in [-0.2, -0.15) is 0 Å². The third kappa shape index (κ3) is 2.27. The van der Waals surface area contributed by atoms with Crippen LogP contribution in [0, 0.1) is 5.41 Å². The second kappa shape index (κ2) is 4.64. The molecule has 0 saturated heterocycles. The average Bonchev–Trinajstić information content (AvgIpc) is 3.17. The number of methoxy groups -OCH3 is 1. The number of nitrogens with zero attached hydrogens (tertiary/aromatic N) is 1. The number of aromatic nitrogens is 1. The van der Waals surface area contributed by atoms with Gasteiger partial charge in [-0.05, 0) is 24.5 Å². The van der Waals surface area contributed by atoms with Crippen LogP contribution < -0.4 is 10.1 Å². The normalized spacial score (nSPS) is 15.8. The number of carboxylic acid groups (broad SMARTS) is 1. The highest BCUT2D eigenvalue weighted by Crippen LogP contribution is 2.46. The van der Waals surface area contributed by atoms with Crippen LogP contribution in [0.4, 0.5) is 0 Å². The second-order valence-corrected chi connectivity index (χ2v) is 4.28. The molecule has 6 heteroatoms. The van der Waals surface area contributed by atoms with Gasteiger partial charge >= 0.3 is 5.97 Å². The molecule has 1 fully saturated rings. The van der Waals surface area contributed by atoms with Crippen molar-refractivity contribution >= 4 is 11.9 Å². The smallest absolute Gasteiger partial charge is 0.319 e. The molecule has 0 atom stereocenters. The minimum atomic E-state index is -1.20. The van der Waals surface area contributed by atoms with Gasteiger partial charge in [0, 0.05) is 18.8 Å². The van der Waals surface area contributed by atoms with Crippen LogP contribution in [0.5, 0.6) is 5.88 Å². The lowest BCUT2D eigenvalue weighted by molar-refractivity contribution is -0.149. The molecule has 2 rings (SSSR count). The zero-order valence-electron chi connectivity index (χ0n) is 9.97. The molecule has 1 aliphatic rings. The van der Waals surface area contributed by atoms with Crippen LogP contribution in [0.2, 0.25) is 0 Å². The molecule has 0 unspecified atom stereocenters. The van der Waals surface area contributed by atoms with Gasteiger partial charge in [0.2, 0.25) is 11.8 Å². The molecular formula is C12H14N2O4. The molecule has 1 amide bonds. The van der Waals surface area contributed by atoms with Crippen molar-refractivity contribution in [1.82, 2.24) is 10.3 Å². The maximum absolute atomic E-state index is 11.8. The minimum Gasteiger partial charge on any atom is -0.481 e. The van der Waals surface area contributed by atoms with Crippen LogP contribution in [0.15, 0.2) is 18.3 Å². The number of nitrogens with one attached hydrogen (secondary N) is 1. The molecular weight excluding hydrogens is 236 g/mol. The van der Waals surface area contributed by atoms with E-state index in [0.717, 1.165) is 5.56 Å². The van der Waals surface area contributed by atoms with Crippen molar-refractivity contribution in [2.24, 2.45) is 5.41 Å². The van der Waals surface area contributed by atoms with Gasteiger partial charge < -0.3 is 15.2 Å². The van der Waals surface area contributed by atoms with Gasteiger partial charge in [-0.1, -0.05) is 0 Å². The zero-order valence-corrected chi connectivity index (χ0v) is 9.97. The number of hydrogen-bond acceptors (Lipinski definition) is 4. The molecule has 2 N–H and O–H groups in total. The molecule has 1 heterocycles. The van der Waals surface area contributed by atoms with Crippen LogP contribution in [-0.2, 0) is 16.1 Å². The SMILES string of the molecule is COc1cc(CNC(=O)C2(C(=O)O)CC2)ccn1. The van der Waals surface area contributed by atoms with Crippen molar-refractivity contribution in [1.29, 1.82) is 0 Å². The van der Waals surface area contributed by atoms with Crippen LogP contribution >= 0.6 is 0 Å². The lowest BCUT2D eigenvalue weighted by Crippen LogP contribution is -2.36. The summed E-state index contributed by atoms with van der Waals surface area (Å²) in [7, 11) is 1.51. The quantitative estimate of drug-likeness (QED) is 0.746. The first-order valence-electron chi connectivity index (χ1n) is 5.59. The second-order valence-electron chi connectivity index (χ2n) is 4.28. The van der Waals surface area contributed by atoms with Crippen LogP contribution in [0.25, 0.3) is 0 Å². The fourth-order valence-electron chi connectivity index (χ4n) is 1.69. The van der Waals surface area contributed by atoms with E-state index in [1.54, 1.807) is 18.3 Å². The zero-order chi connectivity index (χ0) is 13.2. The Labute approximate surface area is 104 Å². The van der Waals surface area contributed by atoms with E-state index in [2.05, 4.69) is 10.3 Å². The number of carbonyl (C=O) groups is 2. The Morgan fingerprint density at radius 1 is 1.56 bits per heavy atom. The molecule has 0 radical (unpaired) electrons. The Kier molecular flexibility index (Phi) is 3.18. The molecule has 18 heavy (non-hydrogen) atoms. The summed E-state index contributed by atoms with van der Waals surface area (Å²) >= 11 is 0. The third-order valence-electron chi connectivity index (χ3n) is 3.06. The predicted octanol–water partition coefficient (Wildman–Crippen LogP) is 0.571. The summed E-state index contributed by atoms with van der Waals surface area (Å²) in [6.07, 6.45) is 2.39. The fraction of sp³-hybridized carbons (Fsp3) is 0.417. The largest absolute Gasteiger partial charge is 0.481 e. The van der Waals surface area contributed by atoms with E-state index in [0.29, 0.717) is 18.7 Å². The molecule has 0 bridgehead atoms. The summed E-state index contributed by atoms with van der Waals surface area (Å²) < 4.78 is 4.96. The lowest BCUT2D eigenvalue weighted by atomic mass is 10.1. The summed E-state index contributed by atoms with van der Waals surface area (Å²) in [6.45, 7) is 0.271. The summed E-state index contributed by atoms with van der Waals surface area (Å²) in [5.41, 5.74) is -0.381. The Morgan fingerprint density at radius 3 is 2.83 bits per heavy atom. The van der Waals surface area contributed by atoms with E-state index >= 15 is 0 Å². The van der Waals surface area contributed by atoms with E-state index in [1.165, 1.54) is 7.11 Å². The number of carboxylic acids is 1. The Hall–Kier alpha value is -2.11. The monoisotopic (exact) mass is 250 g/mol. The van der Waals surface area contributed by atoms with E-state index < -0.39 is 17.3 Å². The first-order chi connectivity index (χ1) is 8.58. The standard InChI is InChI=1S/C12H14N2O4/c1-18-9-6-8(2-5-13-9)7-14-10(15)12(3-4-12)11(16)17/h2,5-6H,3-4,7H2,1H3,(H,14,15)(H,16,17). The topological polar surface area (TPSA) is 88.5 Å². The first kappa shape index (κ1) is 12.3. The Bertz CT molecular complexity index is 483. The van der Waals surface area contributed by atoms with Crippen LogP contribution in [-0.4, -0.2) is 29.1 Å². The number of carbonyl (C=O) groups excluding carboxylic acids is 1. The molecule has 0 aliphatic heterocycles. The fourth-order valence-corrected chi connectivity index (χ4v) is 1.69. The Balaban J connectivity index is 1.95. The Morgan fingerprint density at radius 2 is 2.28 bits per heavy atom. The number of aliphatic carboxylic acids is 1. The maximum atomic E-state index is 11.8. The van der Waals surface area contributed by atoms with Gasteiger partial charge in [-0.15, -0.1) is 0 Å². The summed E-state index contributed by atoms with van der Waals surface area (Å²) in [4.78, 5) is 26.6. The average molecular weight is 250 g/mol. The van der Waals surface area contributed by atoms with E-state index in [4.69, 9.17) is 9.84 Å². The van der Waals surface area contributed by atoms with Crippen molar-refractivity contribution in [3.8, 4) is 5.88 Å². The van der Waals surface area contributed by atoms with Crippen molar-refractivity contribution in [2.75, 3.05) is 7.11 Å². The molecule has 0 aromatic carbocycles. The van der Waals surface area contributed by atoms with Gasteiger partial charge in [0.05, 0.1) is 7.11 Å². The molecule has 0 spiro atoms. The molecule has 1 saturated carbocycles. The van der Waals surface area contributed by atoms with Crippen molar-refractivity contribution < 1.29 is 19.4 Å². The van der Waals surface area contributed by atoms with E-state index in [1.807, 2.05) is 0 Å². The molecule has 6 nitrogen and oxygen atoms in total. The third-order valence-corrected chi connectivity index (χ3v) is 3.06. The summed E-state index contributed by atoms with van der Waals surface area (Å²) in [5, 5.41) is 11.6. The highest BCUT2D eigenvalue weighted by Gasteiger charge is 2.56. The summed E-state index contributed by atoms with van der Waals surface area (Å²) in [5.74, 6) is -1.01. The van der Waals surface area contributed by atoms with Gasteiger partial charge in [-0.25, -0.2) is 4.98 Å². The van der Waals surface area contributed by atoms with Crippen molar-refractivity contribution in [3.05, 3.63) is 23.9 Å². The highest BCUT2D eigenvalue weighted by molar-refractivity contribution is 6.04. The van der Waals surface area contributed by atoms with Crippen LogP contribution in [0.1, 0.15) is 18.4 Å². The predicted molar refractivity (Wildman–Crippen MR) is 61.9 cm³/mol. The molecule has 1 aromatic heterocycles. The number of pyridine rings is 1. The molecule has 96 valence electrons. The number of rotatable bonds is 5. The van der Waals surface area contributed by atoms with Crippen molar-refractivity contribution in [2.45, 2.75) is 19.4 Å². The number of amides is 1. The number of hydrogen-bond donors (Lipinski definition) is 2. The number of ether oxygens (including phenoxy) is 1. The van der Waals surface area contributed by atoms with Gasteiger partial charge in [0.15, 0.2) is 0 Å². The summed E-state index contributed by atoms with van der Waals surface area (Å²) in [6, 6.07) is 3.43. The minimum absolute atomic E-state index is 0.271. The molecule has 1 aromatic rings. The highest BCUT2D eigenvalue weighted by atomic mass is 16.5. The van der Waals surface area contributed by atoms with Crippen LogP contribution in [0.3, 0.4) is 0 Å². The van der Waals surface area contributed by atoms with Crippen molar-refractivity contribution in [3.63, 3.8) is 0 Å². The van der Waals surface area contributed by atoms with E-state index in [9.17, 15) is 9.59 Å². The van der Waals surface area contributed by atoms with E-state index in [-0.39, 0.29) is 6.54 Å². The molecule has 1 aliphatic carbocycles. The van der Waals surface area contributed by atoms with Gasteiger partial charge in [0.25, 0.3) is 0 Å². The van der Waals surface area contributed by atoms with Gasteiger partial charge in [-0.3, -0.25) is 9.59 Å². The maximum Gasteiger partial charge on any atom is 0.319 e. The first-order valence-corrected chi connectivity index (χ1v) is 5.59.